The van der Waals surface area contributed by atoms with Crippen LogP contribution in [0.1, 0.15) is 19.3 Å². The third-order valence-electron chi connectivity index (χ3n) is 0.762. The minimum atomic E-state index is -1.23. The molecule has 5 heteroatoms. The van der Waals surface area contributed by atoms with Gasteiger partial charge in [-0.1, -0.05) is 0 Å². The average molecular weight is 154 g/mol. The van der Waals surface area contributed by atoms with Crippen molar-refractivity contribution in [2.75, 3.05) is 0 Å². The molecule has 4 nitrogen and oxygen atoms in total. The molecule has 0 aliphatic carbocycles. The number of hydrogen-bond acceptors (Lipinski definition) is 4. The molecular weight excluding hydrogens is 148 g/mol. The summed E-state index contributed by atoms with van der Waals surface area (Å²) in [6.07, 6.45) is -0.341. The second-order valence-electron chi connectivity index (χ2n) is 1.60. The molecule has 0 bridgehead atoms. The molecule has 0 N–H and O–H groups in total. The number of carboxylic acids is 2. The third-order valence-corrected chi connectivity index (χ3v) is 0.762. The maximum atomic E-state index is 9.66. The van der Waals surface area contributed by atoms with E-state index in [1.165, 1.54) is 0 Å². The first-order valence-electron chi connectivity index (χ1n) is 2.52. The Morgan fingerprint density at radius 3 is 1.50 bits per heavy atom. The Bertz CT molecular complexity index is 109. The van der Waals surface area contributed by atoms with Crippen molar-refractivity contribution in [1.29, 1.82) is 0 Å². The van der Waals surface area contributed by atoms with Gasteiger partial charge >= 0.3 is 23.1 Å². The van der Waals surface area contributed by atoms with E-state index in [2.05, 4.69) is 0 Å². The van der Waals surface area contributed by atoms with Crippen LogP contribution in [0.3, 0.4) is 0 Å². The van der Waals surface area contributed by atoms with Gasteiger partial charge in [0.25, 0.3) is 0 Å². The zero-order valence-electron chi connectivity index (χ0n) is 5.46. The van der Waals surface area contributed by atoms with Crippen LogP contribution in [-0.4, -0.2) is 35.0 Å². The fourth-order valence-electron chi connectivity index (χ4n) is 0.377. The predicted octanol–water partition coefficient (Wildman–Crippen LogP) is -2.72. The number of rotatable bonds is 4. The van der Waals surface area contributed by atoms with E-state index < -0.39 is 11.9 Å². The molecule has 0 saturated carbocycles. The van der Waals surface area contributed by atoms with Crippen molar-refractivity contribution in [1.82, 2.24) is 0 Å². The summed E-state index contributed by atoms with van der Waals surface area (Å²) in [4.78, 5) is 19.3. The van der Waals surface area contributed by atoms with Crippen molar-refractivity contribution in [3.05, 3.63) is 0 Å². The number of carboxylic acid groups (broad SMARTS) is 2. The number of carbonyl (C=O) groups is 2. The Labute approximate surface area is 74.4 Å². The minimum absolute atomic E-state index is 0. The quantitative estimate of drug-likeness (QED) is 0.412. The summed E-state index contributed by atoms with van der Waals surface area (Å²) < 4.78 is 0. The number of aliphatic carboxylic acids is 2. The van der Waals surface area contributed by atoms with Crippen molar-refractivity contribution >= 4 is 35.0 Å². The van der Waals surface area contributed by atoms with Gasteiger partial charge in [0.1, 0.15) is 0 Å². The molecule has 0 saturated heterocycles. The van der Waals surface area contributed by atoms with Crippen LogP contribution < -0.4 is 10.2 Å². The average Bonchev–Trinajstić information content (AvgIpc) is 1.63. The molecule has 0 atom stereocenters. The summed E-state index contributed by atoms with van der Waals surface area (Å²) in [5, 5.41) is 19.3. The largest absolute Gasteiger partial charge is 2.00 e. The normalized spacial score (nSPS) is 8.00. The van der Waals surface area contributed by atoms with Crippen LogP contribution in [-0.2, 0) is 9.59 Å². The van der Waals surface area contributed by atoms with Crippen molar-refractivity contribution in [3.8, 4) is 0 Å². The first kappa shape index (κ1) is 12.4. The van der Waals surface area contributed by atoms with Crippen LogP contribution in [0, 0.1) is 0 Å². The summed E-state index contributed by atoms with van der Waals surface area (Å²) in [5.74, 6) is -2.45. The molecular formula is C5H6MgO4. The van der Waals surface area contributed by atoms with Gasteiger partial charge < -0.3 is 19.8 Å². The van der Waals surface area contributed by atoms with Crippen molar-refractivity contribution in [3.63, 3.8) is 0 Å². The summed E-state index contributed by atoms with van der Waals surface area (Å²) in [7, 11) is 0. The predicted molar refractivity (Wildman–Crippen MR) is 29.6 cm³/mol. The van der Waals surface area contributed by atoms with E-state index in [0.717, 1.165) is 0 Å². The monoisotopic (exact) mass is 154 g/mol. The van der Waals surface area contributed by atoms with Gasteiger partial charge in [0, 0.05) is 11.9 Å². The van der Waals surface area contributed by atoms with E-state index in [4.69, 9.17) is 0 Å². The Kier molecular flexibility index (Phi) is 8.45. The van der Waals surface area contributed by atoms with E-state index in [1.807, 2.05) is 0 Å². The van der Waals surface area contributed by atoms with Crippen LogP contribution >= 0.6 is 0 Å². The molecule has 0 aromatic carbocycles. The topological polar surface area (TPSA) is 80.3 Å². The maximum absolute atomic E-state index is 9.66. The minimum Gasteiger partial charge on any atom is -0.550 e. The molecule has 0 unspecified atom stereocenters. The molecule has 0 spiro atoms. The SMILES string of the molecule is O=C([O-])CCCC(=O)[O-].[Mg+2]. The van der Waals surface area contributed by atoms with E-state index >= 15 is 0 Å². The molecule has 0 aromatic heterocycles. The van der Waals surface area contributed by atoms with Crippen LogP contribution in [0.5, 0.6) is 0 Å². The molecule has 0 fully saturated rings. The van der Waals surface area contributed by atoms with Gasteiger partial charge in [0.15, 0.2) is 0 Å². The number of carbonyl (C=O) groups excluding carboxylic acids is 2. The first-order chi connectivity index (χ1) is 4.13. The summed E-state index contributed by atoms with van der Waals surface area (Å²) >= 11 is 0. The molecule has 10 heavy (non-hydrogen) atoms. The Balaban J connectivity index is 0. The van der Waals surface area contributed by atoms with E-state index in [-0.39, 0.29) is 42.3 Å². The van der Waals surface area contributed by atoms with Gasteiger partial charge in [0.05, 0.1) is 0 Å². The van der Waals surface area contributed by atoms with Gasteiger partial charge in [0.2, 0.25) is 0 Å². The summed E-state index contributed by atoms with van der Waals surface area (Å²) in [6, 6.07) is 0. The van der Waals surface area contributed by atoms with Gasteiger partial charge in [-0.25, -0.2) is 0 Å². The summed E-state index contributed by atoms with van der Waals surface area (Å²) in [6.45, 7) is 0. The maximum Gasteiger partial charge on any atom is 2.00 e. The second-order valence-corrected chi connectivity index (χ2v) is 1.60. The van der Waals surface area contributed by atoms with Gasteiger partial charge in [-0.3, -0.25) is 0 Å². The molecule has 0 rings (SSSR count). The van der Waals surface area contributed by atoms with Gasteiger partial charge in [-0.2, -0.15) is 0 Å². The molecule has 0 aliphatic heterocycles. The smallest absolute Gasteiger partial charge is 0.550 e. The zero-order chi connectivity index (χ0) is 7.28. The van der Waals surface area contributed by atoms with Crippen molar-refractivity contribution in [2.24, 2.45) is 0 Å². The third kappa shape index (κ3) is 10.6. The molecule has 52 valence electrons. The van der Waals surface area contributed by atoms with Crippen molar-refractivity contribution in [2.45, 2.75) is 19.3 Å². The van der Waals surface area contributed by atoms with E-state index in [1.54, 1.807) is 0 Å². The first-order valence-corrected chi connectivity index (χ1v) is 2.52. The molecule has 0 aromatic rings. The molecule has 0 aliphatic rings. The standard InChI is InChI=1S/C5H8O4.Mg/c6-4(7)2-1-3-5(8)9;/h1-3H2,(H,6,7)(H,8,9);/q;+2/p-2. The van der Waals surface area contributed by atoms with Gasteiger partial charge in [-0.05, 0) is 19.3 Å². The second kappa shape index (κ2) is 6.82. The van der Waals surface area contributed by atoms with Crippen LogP contribution in [0.2, 0.25) is 0 Å². The summed E-state index contributed by atoms with van der Waals surface area (Å²) in [5.41, 5.74) is 0. The van der Waals surface area contributed by atoms with E-state index in [9.17, 15) is 19.8 Å². The van der Waals surface area contributed by atoms with Crippen LogP contribution in [0.25, 0.3) is 0 Å². The molecule has 0 amide bonds. The zero-order valence-corrected chi connectivity index (χ0v) is 6.88. The van der Waals surface area contributed by atoms with Crippen LogP contribution in [0.15, 0.2) is 0 Å². The fraction of sp³-hybridized carbons (Fsp3) is 0.600. The number of hydrogen-bond donors (Lipinski definition) is 0. The molecule has 0 radical (unpaired) electrons. The van der Waals surface area contributed by atoms with Gasteiger partial charge in [-0.15, -0.1) is 0 Å². The Morgan fingerprint density at radius 2 is 1.30 bits per heavy atom. The van der Waals surface area contributed by atoms with Crippen molar-refractivity contribution < 1.29 is 19.8 Å². The van der Waals surface area contributed by atoms with Crippen LogP contribution in [0.4, 0.5) is 0 Å². The molecule has 0 heterocycles. The Hall–Kier alpha value is -0.294. The fourth-order valence-corrected chi connectivity index (χ4v) is 0.377. The Morgan fingerprint density at radius 1 is 1.00 bits per heavy atom. The van der Waals surface area contributed by atoms with E-state index in [0.29, 0.717) is 0 Å².